The highest BCUT2D eigenvalue weighted by Crippen LogP contribution is 2.27. The van der Waals surface area contributed by atoms with Gasteiger partial charge in [0, 0.05) is 17.3 Å². The summed E-state index contributed by atoms with van der Waals surface area (Å²) in [6.45, 7) is 1.69. The summed E-state index contributed by atoms with van der Waals surface area (Å²) in [7, 11) is -3.76. The Morgan fingerprint density at radius 3 is 2.42 bits per heavy atom. The smallest absolute Gasteiger partial charge is 0.262 e. The number of carbonyl (C=O) groups excluding carboxylic acids is 1. The SMILES string of the molecule is Cc1cc(Cl)ccc1NC(=O)COc1ccc(S(=O)(=O)NCc2ccccc2)cc1Cl. The van der Waals surface area contributed by atoms with Crippen molar-refractivity contribution in [3.8, 4) is 5.75 Å². The van der Waals surface area contributed by atoms with E-state index in [-0.39, 0.29) is 34.7 Å². The first-order chi connectivity index (χ1) is 14.7. The maximum Gasteiger partial charge on any atom is 0.262 e. The molecule has 0 saturated heterocycles. The number of hydrogen-bond donors (Lipinski definition) is 2. The Bertz CT molecular complexity index is 1190. The second kappa shape index (κ2) is 10.2. The number of nitrogens with one attached hydrogen (secondary N) is 2. The molecule has 0 bridgehead atoms. The zero-order valence-corrected chi connectivity index (χ0v) is 18.9. The topological polar surface area (TPSA) is 84.5 Å². The highest BCUT2D eigenvalue weighted by atomic mass is 35.5. The first-order valence-electron chi connectivity index (χ1n) is 9.26. The molecule has 9 heteroatoms. The molecular weight excluding hydrogens is 459 g/mol. The van der Waals surface area contributed by atoms with Gasteiger partial charge in [-0.05, 0) is 54.4 Å². The lowest BCUT2D eigenvalue weighted by molar-refractivity contribution is -0.118. The van der Waals surface area contributed by atoms with Crippen LogP contribution in [0, 0.1) is 6.92 Å². The van der Waals surface area contributed by atoms with Crippen molar-refractivity contribution in [3.63, 3.8) is 0 Å². The number of sulfonamides is 1. The van der Waals surface area contributed by atoms with Crippen molar-refractivity contribution >= 4 is 44.8 Å². The monoisotopic (exact) mass is 478 g/mol. The molecule has 0 heterocycles. The van der Waals surface area contributed by atoms with Gasteiger partial charge < -0.3 is 10.1 Å². The molecule has 3 rings (SSSR count). The van der Waals surface area contributed by atoms with Crippen molar-refractivity contribution in [2.75, 3.05) is 11.9 Å². The number of halogens is 2. The average Bonchev–Trinajstić information content (AvgIpc) is 2.74. The molecule has 6 nitrogen and oxygen atoms in total. The van der Waals surface area contributed by atoms with Gasteiger partial charge in [0.15, 0.2) is 6.61 Å². The van der Waals surface area contributed by atoms with E-state index in [1.54, 1.807) is 18.2 Å². The van der Waals surface area contributed by atoms with Crippen molar-refractivity contribution in [3.05, 3.63) is 87.9 Å². The number of aryl methyl sites for hydroxylation is 1. The normalized spacial score (nSPS) is 11.2. The van der Waals surface area contributed by atoms with Crippen LogP contribution in [0.1, 0.15) is 11.1 Å². The van der Waals surface area contributed by atoms with E-state index in [9.17, 15) is 13.2 Å². The fourth-order valence-electron chi connectivity index (χ4n) is 2.72. The summed E-state index contributed by atoms with van der Waals surface area (Å²) in [5, 5.41) is 3.38. The molecule has 0 atom stereocenters. The molecule has 0 aliphatic heterocycles. The molecule has 0 aliphatic carbocycles. The molecule has 0 aliphatic rings. The summed E-state index contributed by atoms with van der Waals surface area (Å²) in [6, 6.07) is 18.3. The summed E-state index contributed by atoms with van der Waals surface area (Å²) < 4.78 is 33.0. The Balaban J connectivity index is 1.60. The van der Waals surface area contributed by atoms with E-state index in [1.807, 2.05) is 37.3 Å². The third kappa shape index (κ3) is 6.45. The molecule has 3 aromatic carbocycles. The summed E-state index contributed by atoms with van der Waals surface area (Å²) in [5.74, 6) is -0.186. The zero-order valence-electron chi connectivity index (χ0n) is 16.6. The molecule has 0 aromatic heterocycles. The highest BCUT2D eigenvalue weighted by molar-refractivity contribution is 7.89. The minimum Gasteiger partial charge on any atom is -0.482 e. The van der Waals surface area contributed by atoms with Gasteiger partial charge in [-0.15, -0.1) is 0 Å². The standard InChI is InChI=1S/C22H20Cl2N2O4S/c1-15-11-17(23)7-9-20(15)26-22(27)14-30-21-10-8-18(12-19(21)24)31(28,29)25-13-16-5-3-2-4-6-16/h2-12,25H,13-14H2,1H3,(H,26,27). The van der Waals surface area contributed by atoms with Crippen LogP contribution in [-0.2, 0) is 21.4 Å². The Kier molecular flexibility index (Phi) is 7.56. The van der Waals surface area contributed by atoms with E-state index in [0.717, 1.165) is 11.1 Å². The van der Waals surface area contributed by atoms with Gasteiger partial charge >= 0.3 is 0 Å². The second-order valence-electron chi connectivity index (χ2n) is 6.70. The first-order valence-corrected chi connectivity index (χ1v) is 11.5. The summed E-state index contributed by atoms with van der Waals surface area (Å²) in [4.78, 5) is 12.2. The lowest BCUT2D eigenvalue weighted by Crippen LogP contribution is -2.23. The lowest BCUT2D eigenvalue weighted by atomic mass is 10.2. The van der Waals surface area contributed by atoms with Crippen molar-refractivity contribution in [2.24, 2.45) is 0 Å². The van der Waals surface area contributed by atoms with Crippen LogP contribution >= 0.6 is 23.2 Å². The average molecular weight is 479 g/mol. The predicted molar refractivity (Wildman–Crippen MR) is 122 cm³/mol. The first kappa shape index (κ1) is 23.1. The van der Waals surface area contributed by atoms with Gasteiger partial charge in [0.1, 0.15) is 5.75 Å². The molecule has 3 aromatic rings. The minimum atomic E-state index is -3.76. The van der Waals surface area contributed by atoms with Gasteiger partial charge in [0.2, 0.25) is 10.0 Å². The molecule has 162 valence electrons. The molecule has 0 unspecified atom stereocenters. The summed E-state index contributed by atoms with van der Waals surface area (Å²) >= 11 is 12.1. The number of anilines is 1. The van der Waals surface area contributed by atoms with E-state index in [4.69, 9.17) is 27.9 Å². The van der Waals surface area contributed by atoms with Crippen LogP contribution in [0.25, 0.3) is 0 Å². The van der Waals surface area contributed by atoms with Crippen LogP contribution < -0.4 is 14.8 Å². The second-order valence-corrected chi connectivity index (χ2v) is 9.31. The van der Waals surface area contributed by atoms with Crippen molar-refractivity contribution in [1.29, 1.82) is 0 Å². The fourth-order valence-corrected chi connectivity index (χ4v) is 4.29. The summed E-state index contributed by atoms with van der Waals surface area (Å²) in [6.07, 6.45) is 0. The van der Waals surface area contributed by atoms with E-state index >= 15 is 0 Å². The number of amides is 1. The number of benzene rings is 3. The van der Waals surface area contributed by atoms with Gasteiger partial charge in [0.25, 0.3) is 5.91 Å². The Labute approximate surface area is 191 Å². The van der Waals surface area contributed by atoms with Crippen molar-refractivity contribution < 1.29 is 17.9 Å². The van der Waals surface area contributed by atoms with Crippen LogP contribution in [0.2, 0.25) is 10.0 Å². The van der Waals surface area contributed by atoms with Crippen molar-refractivity contribution in [2.45, 2.75) is 18.4 Å². The minimum absolute atomic E-state index is 0.00187. The summed E-state index contributed by atoms with van der Waals surface area (Å²) in [5.41, 5.74) is 2.27. The van der Waals surface area contributed by atoms with Gasteiger partial charge in [-0.2, -0.15) is 0 Å². The quantitative estimate of drug-likeness (QED) is 0.486. The number of carbonyl (C=O) groups is 1. The predicted octanol–water partition coefficient (Wildman–Crippen LogP) is 4.80. The van der Waals surface area contributed by atoms with Gasteiger partial charge in [0.05, 0.1) is 9.92 Å². The van der Waals surface area contributed by atoms with Gasteiger partial charge in [-0.3, -0.25) is 4.79 Å². The molecule has 0 spiro atoms. The third-order valence-corrected chi connectivity index (χ3v) is 6.27. The maximum absolute atomic E-state index is 12.5. The fraction of sp³-hybridized carbons (Fsp3) is 0.136. The van der Waals surface area contributed by atoms with E-state index < -0.39 is 10.0 Å². The van der Waals surface area contributed by atoms with Crippen LogP contribution in [-0.4, -0.2) is 20.9 Å². The molecular formula is C22H20Cl2N2O4S. The third-order valence-electron chi connectivity index (χ3n) is 4.34. The Hall–Kier alpha value is -2.58. The van der Waals surface area contributed by atoms with Crippen LogP contribution in [0.3, 0.4) is 0 Å². The molecule has 2 N–H and O–H groups in total. The highest BCUT2D eigenvalue weighted by Gasteiger charge is 2.16. The van der Waals surface area contributed by atoms with E-state index in [0.29, 0.717) is 10.7 Å². The van der Waals surface area contributed by atoms with Crippen LogP contribution in [0.4, 0.5) is 5.69 Å². The van der Waals surface area contributed by atoms with E-state index in [2.05, 4.69) is 10.0 Å². The Morgan fingerprint density at radius 1 is 1.00 bits per heavy atom. The molecule has 1 amide bonds. The van der Waals surface area contributed by atoms with Gasteiger partial charge in [-0.25, -0.2) is 13.1 Å². The van der Waals surface area contributed by atoms with Crippen LogP contribution in [0.5, 0.6) is 5.75 Å². The molecule has 0 fully saturated rings. The number of rotatable bonds is 8. The largest absolute Gasteiger partial charge is 0.482 e. The van der Waals surface area contributed by atoms with Gasteiger partial charge in [-0.1, -0.05) is 53.5 Å². The molecule has 0 radical (unpaired) electrons. The number of ether oxygens (including phenoxy) is 1. The Morgan fingerprint density at radius 2 is 1.74 bits per heavy atom. The molecule has 31 heavy (non-hydrogen) atoms. The molecule has 0 saturated carbocycles. The number of hydrogen-bond acceptors (Lipinski definition) is 4. The maximum atomic E-state index is 12.5. The van der Waals surface area contributed by atoms with Crippen LogP contribution in [0.15, 0.2) is 71.6 Å². The lowest BCUT2D eigenvalue weighted by Gasteiger charge is -2.12. The van der Waals surface area contributed by atoms with E-state index in [1.165, 1.54) is 18.2 Å². The zero-order chi connectivity index (χ0) is 22.4. The van der Waals surface area contributed by atoms with Crippen molar-refractivity contribution in [1.82, 2.24) is 4.72 Å².